The van der Waals surface area contributed by atoms with Crippen molar-refractivity contribution in [2.45, 2.75) is 0 Å². The Morgan fingerprint density at radius 1 is 1.24 bits per heavy atom. The summed E-state index contributed by atoms with van der Waals surface area (Å²) in [5.41, 5.74) is 6.16. The van der Waals surface area contributed by atoms with Gasteiger partial charge in [-0.25, -0.2) is 4.39 Å². The highest BCUT2D eigenvalue weighted by Crippen LogP contribution is 2.21. The third-order valence-corrected chi connectivity index (χ3v) is 3.54. The lowest BCUT2D eigenvalue weighted by Crippen LogP contribution is -2.14. The summed E-state index contributed by atoms with van der Waals surface area (Å²) in [4.78, 5) is 12.2. The normalized spacial score (nSPS) is 10.2. The van der Waals surface area contributed by atoms with Gasteiger partial charge < -0.3 is 11.1 Å². The molecule has 3 nitrogen and oxygen atoms in total. The molecule has 2 aromatic carbocycles. The smallest absolute Gasteiger partial charge is 0.255 e. The molecule has 0 aliphatic carbocycles. The van der Waals surface area contributed by atoms with Crippen LogP contribution in [0.25, 0.3) is 0 Å². The average Bonchev–Trinajstić information content (AvgIpc) is 2.39. The molecular weight excluding hydrogens is 379 g/mol. The number of anilines is 1. The number of halogens is 3. The molecule has 2 aromatic rings. The Morgan fingerprint density at radius 3 is 2.52 bits per heavy atom. The number of hydrogen-bond acceptors (Lipinski definition) is 2. The molecule has 108 valence electrons. The van der Waals surface area contributed by atoms with E-state index < -0.39 is 11.7 Å². The van der Waals surface area contributed by atoms with Gasteiger partial charge >= 0.3 is 0 Å². The van der Waals surface area contributed by atoms with Gasteiger partial charge in [0.1, 0.15) is 10.8 Å². The SMILES string of the molecule is NC(=S)c1ccc(NC(=O)c2cc(Cl)cc(Br)c2)c(F)c1. The van der Waals surface area contributed by atoms with Crippen LogP contribution in [0.3, 0.4) is 0 Å². The molecule has 0 atom stereocenters. The van der Waals surface area contributed by atoms with Gasteiger partial charge in [0.15, 0.2) is 0 Å². The number of amides is 1. The van der Waals surface area contributed by atoms with E-state index in [0.717, 1.165) is 0 Å². The molecule has 0 bridgehead atoms. The lowest BCUT2D eigenvalue weighted by Gasteiger charge is -2.08. The van der Waals surface area contributed by atoms with Crippen molar-refractivity contribution in [3.8, 4) is 0 Å². The van der Waals surface area contributed by atoms with Gasteiger partial charge in [-0.1, -0.05) is 39.7 Å². The lowest BCUT2D eigenvalue weighted by molar-refractivity contribution is 0.102. The van der Waals surface area contributed by atoms with E-state index in [-0.39, 0.29) is 10.7 Å². The highest BCUT2D eigenvalue weighted by atomic mass is 79.9. The molecule has 0 aromatic heterocycles. The third kappa shape index (κ3) is 4.00. The van der Waals surface area contributed by atoms with Gasteiger partial charge in [0, 0.05) is 20.6 Å². The van der Waals surface area contributed by atoms with Crippen LogP contribution in [0.1, 0.15) is 15.9 Å². The molecule has 0 saturated heterocycles. The van der Waals surface area contributed by atoms with Gasteiger partial charge in [-0.05, 0) is 36.4 Å². The Balaban J connectivity index is 2.25. The standard InChI is InChI=1S/C14H9BrClFN2OS/c15-9-3-8(4-10(16)6-9)14(20)19-12-2-1-7(13(18)21)5-11(12)17/h1-6H,(H2,18,21)(H,19,20). The summed E-state index contributed by atoms with van der Waals surface area (Å²) >= 11 is 13.9. The van der Waals surface area contributed by atoms with Crippen LogP contribution in [0.2, 0.25) is 5.02 Å². The Labute approximate surface area is 139 Å². The van der Waals surface area contributed by atoms with Crippen molar-refractivity contribution in [2.24, 2.45) is 5.73 Å². The van der Waals surface area contributed by atoms with E-state index in [9.17, 15) is 9.18 Å². The molecule has 21 heavy (non-hydrogen) atoms. The number of nitrogens with two attached hydrogens (primary N) is 1. The van der Waals surface area contributed by atoms with Crippen molar-refractivity contribution in [1.29, 1.82) is 0 Å². The second-order valence-electron chi connectivity index (χ2n) is 4.17. The minimum Gasteiger partial charge on any atom is -0.389 e. The predicted molar refractivity (Wildman–Crippen MR) is 89.4 cm³/mol. The minimum absolute atomic E-state index is 0.0381. The van der Waals surface area contributed by atoms with E-state index in [4.69, 9.17) is 29.6 Å². The molecule has 7 heteroatoms. The largest absolute Gasteiger partial charge is 0.389 e. The van der Waals surface area contributed by atoms with Crippen LogP contribution < -0.4 is 11.1 Å². The Hall–Kier alpha value is -1.50. The summed E-state index contributed by atoms with van der Waals surface area (Å²) in [7, 11) is 0. The molecule has 0 aliphatic heterocycles. The van der Waals surface area contributed by atoms with Crippen molar-refractivity contribution in [2.75, 3.05) is 5.32 Å². The second-order valence-corrected chi connectivity index (χ2v) is 5.96. The number of benzene rings is 2. The highest BCUT2D eigenvalue weighted by molar-refractivity contribution is 9.10. The predicted octanol–water partition coefficient (Wildman–Crippen LogP) is 4.13. The van der Waals surface area contributed by atoms with Gasteiger partial charge in [0.05, 0.1) is 5.69 Å². The van der Waals surface area contributed by atoms with Crippen LogP contribution in [-0.4, -0.2) is 10.9 Å². The van der Waals surface area contributed by atoms with E-state index in [1.807, 2.05) is 0 Å². The van der Waals surface area contributed by atoms with E-state index >= 15 is 0 Å². The van der Waals surface area contributed by atoms with Crippen LogP contribution in [-0.2, 0) is 0 Å². The number of hydrogen-bond donors (Lipinski definition) is 2. The summed E-state index contributed by atoms with van der Waals surface area (Å²) in [6, 6.07) is 8.84. The van der Waals surface area contributed by atoms with Crippen LogP contribution in [0, 0.1) is 5.82 Å². The molecular formula is C14H9BrClFN2OS. The third-order valence-electron chi connectivity index (χ3n) is 2.63. The molecule has 0 radical (unpaired) electrons. The summed E-state index contributed by atoms with van der Waals surface area (Å²) in [6.45, 7) is 0. The fourth-order valence-electron chi connectivity index (χ4n) is 1.65. The van der Waals surface area contributed by atoms with Gasteiger partial charge in [-0.3, -0.25) is 4.79 Å². The zero-order chi connectivity index (χ0) is 15.6. The van der Waals surface area contributed by atoms with E-state index in [1.54, 1.807) is 12.1 Å². The molecule has 0 aliphatic rings. The number of carbonyl (C=O) groups excluding carboxylic acids is 1. The lowest BCUT2D eigenvalue weighted by atomic mass is 10.1. The minimum atomic E-state index is -0.616. The Bertz CT molecular complexity index is 719. The maximum Gasteiger partial charge on any atom is 0.255 e. The monoisotopic (exact) mass is 386 g/mol. The first-order valence-corrected chi connectivity index (χ1v) is 7.31. The molecule has 3 N–H and O–H groups in total. The fourth-order valence-corrected chi connectivity index (χ4v) is 2.64. The van der Waals surface area contributed by atoms with Crippen LogP contribution in [0.4, 0.5) is 10.1 Å². The van der Waals surface area contributed by atoms with Gasteiger partial charge in [-0.2, -0.15) is 0 Å². The van der Waals surface area contributed by atoms with E-state index in [0.29, 0.717) is 20.6 Å². The van der Waals surface area contributed by atoms with Crippen molar-refractivity contribution < 1.29 is 9.18 Å². The molecule has 0 heterocycles. The average molecular weight is 388 g/mol. The fraction of sp³-hybridized carbons (Fsp3) is 0. The van der Waals surface area contributed by atoms with Crippen LogP contribution >= 0.6 is 39.7 Å². The number of rotatable bonds is 3. The van der Waals surface area contributed by atoms with E-state index in [2.05, 4.69) is 21.2 Å². The molecule has 0 saturated carbocycles. The van der Waals surface area contributed by atoms with Crippen LogP contribution in [0.15, 0.2) is 40.9 Å². The zero-order valence-corrected chi connectivity index (χ0v) is 13.7. The summed E-state index contributed by atoms with van der Waals surface area (Å²) < 4.78 is 14.5. The second kappa shape index (κ2) is 6.51. The van der Waals surface area contributed by atoms with Crippen molar-refractivity contribution in [3.05, 3.63) is 62.8 Å². The first-order chi connectivity index (χ1) is 9.86. The molecule has 1 amide bonds. The van der Waals surface area contributed by atoms with Gasteiger partial charge in [0.25, 0.3) is 5.91 Å². The summed E-state index contributed by atoms with van der Waals surface area (Å²) in [6.07, 6.45) is 0. The Morgan fingerprint density at radius 2 is 1.95 bits per heavy atom. The van der Waals surface area contributed by atoms with Crippen molar-refractivity contribution >= 4 is 56.3 Å². The molecule has 0 fully saturated rings. The van der Waals surface area contributed by atoms with Crippen LogP contribution in [0.5, 0.6) is 0 Å². The topological polar surface area (TPSA) is 55.1 Å². The number of nitrogens with one attached hydrogen (secondary N) is 1. The van der Waals surface area contributed by atoms with Gasteiger partial charge in [0.2, 0.25) is 0 Å². The summed E-state index contributed by atoms with van der Waals surface area (Å²) in [5, 5.41) is 2.87. The van der Waals surface area contributed by atoms with Crippen molar-refractivity contribution in [1.82, 2.24) is 0 Å². The first kappa shape index (κ1) is 15.9. The maximum absolute atomic E-state index is 13.9. The number of carbonyl (C=O) groups is 1. The first-order valence-electron chi connectivity index (χ1n) is 5.73. The quantitative estimate of drug-likeness (QED) is 0.779. The highest BCUT2D eigenvalue weighted by Gasteiger charge is 2.12. The van der Waals surface area contributed by atoms with Gasteiger partial charge in [-0.15, -0.1) is 0 Å². The molecule has 2 rings (SSSR count). The number of thiocarbonyl (C=S) groups is 1. The zero-order valence-electron chi connectivity index (χ0n) is 10.5. The molecule has 0 unspecified atom stereocenters. The Kier molecular flexibility index (Phi) is 4.92. The molecule has 0 spiro atoms. The van der Waals surface area contributed by atoms with Crippen molar-refractivity contribution in [3.63, 3.8) is 0 Å². The van der Waals surface area contributed by atoms with E-state index in [1.165, 1.54) is 24.3 Å². The summed E-state index contributed by atoms with van der Waals surface area (Å²) in [5.74, 6) is -1.09. The maximum atomic E-state index is 13.9.